The Morgan fingerprint density at radius 1 is 0.614 bits per heavy atom. The van der Waals surface area contributed by atoms with Crippen LogP contribution in [-0.4, -0.2) is 30.0 Å². The number of methoxy groups -OCH3 is 1. The third-order valence-corrected chi connectivity index (χ3v) is 9.11. The summed E-state index contributed by atoms with van der Waals surface area (Å²) < 4.78 is 96.4. The number of hydrogen-bond donors (Lipinski definition) is 0. The van der Waals surface area contributed by atoms with Gasteiger partial charge >= 0.3 is 18.3 Å². The monoisotopic (exact) mass is 786 g/mol. The summed E-state index contributed by atoms with van der Waals surface area (Å²) in [5, 5.41) is 1.24. The minimum atomic E-state index is -4.66. The number of alkyl halides is 6. The summed E-state index contributed by atoms with van der Waals surface area (Å²) in [6.45, 7) is 6.35. The fraction of sp³-hybridized carbons (Fsp3) is 0.205. The van der Waals surface area contributed by atoms with Crippen molar-refractivity contribution in [2.75, 3.05) is 12.0 Å². The van der Waals surface area contributed by atoms with Gasteiger partial charge in [0, 0.05) is 23.7 Å². The molecule has 0 N–H and O–H groups in total. The maximum absolute atomic E-state index is 14.4. The van der Waals surface area contributed by atoms with Crippen LogP contribution in [0.2, 0.25) is 0 Å². The van der Waals surface area contributed by atoms with E-state index >= 15 is 0 Å². The van der Waals surface area contributed by atoms with Crippen LogP contribution in [0.5, 0.6) is 23.0 Å². The van der Waals surface area contributed by atoms with E-state index in [0.717, 1.165) is 54.0 Å². The minimum Gasteiger partial charge on any atom is -0.467 e. The second-order valence-corrected chi connectivity index (χ2v) is 14.2. The molecule has 1 amide bonds. The maximum Gasteiger partial charge on any atom is 0.416 e. The third kappa shape index (κ3) is 9.72. The molecule has 6 aromatic rings. The Morgan fingerprint density at radius 2 is 1.09 bits per heavy atom. The van der Waals surface area contributed by atoms with E-state index in [1.807, 2.05) is 24.3 Å². The highest BCUT2D eigenvalue weighted by atomic mass is 19.4. The van der Waals surface area contributed by atoms with Crippen molar-refractivity contribution in [3.8, 4) is 23.0 Å². The first-order chi connectivity index (χ1) is 26.9. The Balaban J connectivity index is 1.28. The molecule has 0 saturated carbocycles. The summed E-state index contributed by atoms with van der Waals surface area (Å²) in [4.78, 5) is 33.3. The van der Waals surface area contributed by atoms with Crippen molar-refractivity contribution < 1.29 is 50.1 Å². The van der Waals surface area contributed by atoms with Gasteiger partial charge in [0.05, 0.1) is 18.2 Å². The highest BCUT2D eigenvalue weighted by molar-refractivity contribution is 6.09. The lowest BCUT2D eigenvalue weighted by atomic mass is 9.87. The number of esters is 1. The average molecular weight is 787 g/mol. The zero-order valence-electron chi connectivity index (χ0n) is 31.1. The lowest BCUT2D eigenvalue weighted by Crippen LogP contribution is -2.47. The molecule has 13 heteroatoms. The predicted molar refractivity (Wildman–Crippen MR) is 203 cm³/mol. The molecule has 0 aliphatic heterocycles. The van der Waals surface area contributed by atoms with Crippen LogP contribution >= 0.6 is 0 Å². The SMILES string of the molecule is COC(=O)[C@H](Cc1ccc(Oc2ccc(C(F)(F)F)cc2)cc1)N(C(=O)c1cc2ccc(Oc3ccc(C(C)(C)C)cc3)cc2cn1)c1ccc(C(F)(F)F)cc1. The first kappa shape index (κ1) is 40.3. The predicted octanol–water partition coefficient (Wildman–Crippen LogP) is 11.6. The second-order valence-electron chi connectivity index (χ2n) is 14.2. The van der Waals surface area contributed by atoms with E-state index in [2.05, 4.69) is 25.8 Å². The van der Waals surface area contributed by atoms with Crippen LogP contribution in [0.1, 0.15) is 53.5 Å². The second kappa shape index (κ2) is 16.0. The number of aromatic nitrogens is 1. The number of anilines is 1. The van der Waals surface area contributed by atoms with Crippen LogP contribution in [0.15, 0.2) is 128 Å². The van der Waals surface area contributed by atoms with E-state index in [0.29, 0.717) is 27.8 Å². The van der Waals surface area contributed by atoms with E-state index in [-0.39, 0.29) is 34.7 Å². The van der Waals surface area contributed by atoms with Gasteiger partial charge in [0.25, 0.3) is 5.91 Å². The summed E-state index contributed by atoms with van der Waals surface area (Å²) in [6.07, 6.45) is -7.84. The van der Waals surface area contributed by atoms with Crippen molar-refractivity contribution in [3.63, 3.8) is 0 Å². The average Bonchev–Trinajstić information content (AvgIpc) is 3.17. The Bertz CT molecular complexity index is 2350. The molecule has 0 fully saturated rings. The summed E-state index contributed by atoms with van der Waals surface area (Å²) in [6, 6.07) is 27.3. The molecule has 294 valence electrons. The lowest BCUT2D eigenvalue weighted by molar-refractivity contribution is -0.142. The Morgan fingerprint density at radius 3 is 1.60 bits per heavy atom. The largest absolute Gasteiger partial charge is 0.467 e. The number of halogens is 6. The number of carbonyl (C=O) groups excluding carboxylic acids is 2. The van der Waals surface area contributed by atoms with Crippen molar-refractivity contribution in [2.24, 2.45) is 0 Å². The fourth-order valence-electron chi connectivity index (χ4n) is 6.01. The Kier molecular flexibility index (Phi) is 11.3. The van der Waals surface area contributed by atoms with Gasteiger partial charge in [-0.05, 0) is 113 Å². The van der Waals surface area contributed by atoms with Crippen molar-refractivity contribution in [3.05, 3.63) is 155 Å². The molecular weight excluding hydrogens is 750 g/mol. The topological polar surface area (TPSA) is 78.0 Å². The van der Waals surface area contributed by atoms with Crippen LogP contribution in [0.25, 0.3) is 10.8 Å². The molecule has 0 saturated heterocycles. The first-order valence-electron chi connectivity index (χ1n) is 17.6. The zero-order valence-corrected chi connectivity index (χ0v) is 31.1. The molecule has 0 bridgehead atoms. The maximum atomic E-state index is 14.4. The van der Waals surface area contributed by atoms with E-state index in [9.17, 15) is 35.9 Å². The van der Waals surface area contributed by atoms with Gasteiger partial charge in [-0.1, -0.05) is 51.1 Å². The first-order valence-corrected chi connectivity index (χ1v) is 17.6. The molecule has 0 unspecified atom stereocenters. The van der Waals surface area contributed by atoms with Crippen LogP contribution in [0.3, 0.4) is 0 Å². The summed E-state index contributed by atoms with van der Waals surface area (Å²) in [7, 11) is 1.12. The van der Waals surface area contributed by atoms with Gasteiger partial charge < -0.3 is 14.2 Å². The number of carbonyl (C=O) groups is 2. The molecule has 6 rings (SSSR count). The molecule has 1 aromatic heterocycles. The number of hydrogen-bond acceptors (Lipinski definition) is 6. The number of fused-ring (bicyclic) bond motifs is 1. The minimum absolute atomic E-state index is 0.0196. The number of rotatable bonds is 10. The van der Waals surface area contributed by atoms with Crippen molar-refractivity contribution in [1.29, 1.82) is 0 Å². The molecule has 57 heavy (non-hydrogen) atoms. The highest BCUT2D eigenvalue weighted by Gasteiger charge is 2.36. The quantitative estimate of drug-likeness (QED) is 0.102. The van der Waals surface area contributed by atoms with Gasteiger partial charge in [0.1, 0.15) is 34.7 Å². The standard InChI is InChI=1S/C44H36F6N2O5/c1-42(2,3)30-10-19-36(20-11-30)57-37-18-7-28-25-38(51-26-29(28)24-37)40(53)52(33-14-8-31(9-15-33)43(45,46)47)39(41(54)55-4)23-27-5-16-34(17-6-27)56-35-21-12-32(13-22-35)44(48,49)50/h5-22,24-26,39H,23H2,1-4H3/t39-/m0/s1. The molecule has 0 aliphatic carbocycles. The van der Waals surface area contributed by atoms with Crippen LogP contribution in [-0.2, 0) is 33.7 Å². The van der Waals surface area contributed by atoms with Gasteiger partial charge in [0.2, 0.25) is 0 Å². The number of pyridine rings is 1. The molecule has 0 aliphatic rings. The Hall–Kier alpha value is -6.37. The van der Waals surface area contributed by atoms with E-state index in [1.54, 1.807) is 30.3 Å². The van der Waals surface area contributed by atoms with E-state index < -0.39 is 41.4 Å². The highest BCUT2D eigenvalue weighted by Crippen LogP contribution is 2.34. The fourth-order valence-corrected chi connectivity index (χ4v) is 6.01. The molecular formula is C44H36F6N2O5. The summed E-state index contributed by atoms with van der Waals surface area (Å²) in [5.74, 6) is -0.0553. The zero-order chi connectivity index (χ0) is 41.1. The molecule has 1 heterocycles. The summed E-state index contributed by atoms with van der Waals surface area (Å²) in [5.41, 5.74) is -0.271. The lowest BCUT2D eigenvalue weighted by Gasteiger charge is -2.30. The number of nitrogens with zero attached hydrogens (tertiary/aromatic N) is 2. The number of ether oxygens (including phenoxy) is 3. The molecule has 0 spiro atoms. The van der Waals surface area contributed by atoms with Gasteiger partial charge in [-0.15, -0.1) is 0 Å². The third-order valence-electron chi connectivity index (χ3n) is 9.11. The molecule has 1 atom stereocenters. The van der Waals surface area contributed by atoms with Crippen molar-refractivity contribution in [2.45, 2.75) is 51.0 Å². The van der Waals surface area contributed by atoms with Gasteiger partial charge in [-0.25, -0.2) is 4.79 Å². The Labute approximate surface area is 324 Å². The van der Waals surface area contributed by atoms with Gasteiger partial charge in [0.15, 0.2) is 0 Å². The molecule has 0 radical (unpaired) electrons. The number of benzene rings is 5. The van der Waals surface area contributed by atoms with Crippen LogP contribution in [0, 0.1) is 0 Å². The van der Waals surface area contributed by atoms with Crippen molar-refractivity contribution >= 4 is 28.3 Å². The van der Waals surface area contributed by atoms with Gasteiger partial charge in [-0.2, -0.15) is 26.3 Å². The normalized spacial score (nSPS) is 12.5. The van der Waals surface area contributed by atoms with E-state index in [1.165, 1.54) is 36.5 Å². The van der Waals surface area contributed by atoms with Crippen molar-refractivity contribution in [1.82, 2.24) is 4.98 Å². The molecule has 7 nitrogen and oxygen atoms in total. The van der Waals surface area contributed by atoms with Crippen LogP contribution in [0.4, 0.5) is 32.0 Å². The summed E-state index contributed by atoms with van der Waals surface area (Å²) >= 11 is 0. The van der Waals surface area contributed by atoms with Gasteiger partial charge in [-0.3, -0.25) is 14.7 Å². The van der Waals surface area contributed by atoms with Crippen LogP contribution < -0.4 is 14.4 Å². The number of amides is 1. The molecule has 5 aromatic carbocycles. The smallest absolute Gasteiger partial charge is 0.416 e. The van der Waals surface area contributed by atoms with E-state index in [4.69, 9.17) is 14.2 Å².